The van der Waals surface area contributed by atoms with E-state index in [1.165, 1.54) is 6.42 Å². The van der Waals surface area contributed by atoms with Gasteiger partial charge >= 0.3 is 0 Å². The second kappa shape index (κ2) is 6.51. The monoisotopic (exact) mass is 351 g/mol. The van der Waals surface area contributed by atoms with Crippen LogP contribution in [-0.4, -0.2) is 11.2 Å². The number of nitrogens with one attached hydrogen (secondary N) is 1. The van der Waals surface area contributed by atoms with E-state index in [1.807, 2.05) is 18.2 Å². The van der Waals surface area contributed by atoms with Crippen molar-refractivity contribution in [2.24, 2.45) is 11.3 Å². The molecule has 1 aliphatic rings. The van der Waals surface area contributed by atoms with Crippen LogP contribution in [0.15, 0.2) is 30.3 Å². The molecule has 1 N–H and O–H groups in total. The van der Waals surface area contributed by atoms with Crippen molar-refractivity contribution in [1.82, 2.24) is 5.32 Å². The highest BCUT2D eigenvalue weighted by Crippen LogP contribution is 2.41. The highest BCUT2D eigenvalue weighted by molar-refractivity contribution is 9.09. The van der Waals surface area contributed by atoms with E-state index in [0.29, 0.717) is 5.33 Å². The highest BCUT2D eigenvalue weighted by Gasteiger charge is 2.39. The van der Waals surface area contributed by atoms with E-state index in [1.54, 1.807) is 0 Å². The standard InChI is InChI=1S/C18H26BrNO/c1-17(2)12-8-7-11-15(17)16(21)20-18(3,13-19)14-9-5-4-6-10-14/h4-6,9-10,15H,7-8,11-13H2,1-3H3,(H,20,21). The predicted molar refractivity (Wildman–Crippen MR) is 91.5 cm³/mol. The molecule has 2 nitrogen and oxygen atoms in total. The number of benzene rings is 1. The van der Waals surface area contributed by atoms with Gasteiger partial charge in [0.25, 0.3) is 0 Å². The summed E-state index contributed by atoms with van der Waals surface area (Å²) in [6.45, 7) is 6.54. The summed E-state index contributed by atoms with van der Waals surface area (Å²) in [6, 6.07) is 10.2. The van der Waals surface area contributed by atoms with Crippen LogP contribution in [0.5, 0.6) is 0 Å². The van der Waals surface area contributed by atoms with Crippen LogP contribution >= 0.6 is 15.9 Å². The zero-order valence-electron chi connectivity index (χ0n) is 13.3. The van der Waals surface area contributed by atoms with E-state index in [-0.39, 0.29) is 22.8 Å². The molecule has 116 valence electrons. The van der Waals surface area contributed by atoms with Gasteiger partial charge in [0.05, 0.1) is 5.54 Å². The van der Waals surface area contributed by atoms with Crippen LogP contribution in [0, 0.1) is 11.3 Å². The molecule has 0 saturated heterocycles. The summed E-state index contributed by atoms with van der Waals surface area (Å²) in [5, 5.41) is 4.01. The Morgan fingerprint density at radius 2 is 2.00 bits per heavy atom. The Kier molecular flexibility index (Phi) is 5.13. The molecule has 0 bridgehead atoms. The Balaban J connectivity index is 2.16. The van der Waals surface area contributed by atoms with Gasteiger partial charge in [0.2, 0.25) is 5.91 Å². The first kappa shape index (κ1) is 16.5. The lowest BCUT2D eigenvalue weighted by molar-refractivity contribution is -0.132. The second-order valence-electron chi connectivity index (χ2n) is 7.11. The molecule has 1 saturated carbocycles. The zero-order valence-corrected chi connectivity index (χ0v) is 14.9. The average molecular weight is 352 g/mol. The summed E-state index contributed by atoms with van der Waals surface area (Å²) < 4.78 is 0. The van der Waals surface area contributed by atoms with Crippen molar-refractivity contribution in [1.29, 1.82) is 0 Å². The largest absolute Gasteiger partial charge is 0.346 e. The smallest absolute Gasteiger partial charge is 0.224 e. The molecule has 0 spiro atoms. The third-order valence-corrected chi connectivity index (χ3v) is 6.02. The molecule has 1 aromatic carbocycles. The normalized spacial score (nSPS) is 24.1. The fraction of sp³-hybridized carbons (Fsp3) is 0.611. The molecule has 0 heterocycles. The zero-order chi connectivity index (χ0) is 15.5. The Labute approximate surface area is 136 Å². The lowest BCUT2D eigenvalue weighted by Crippen LogP contribution is -2.50. The van der Waals surface area contributed by atoms with Crippen molar-refractivity contribution in [3.05, 3.63) is 35.9 Å². The second-order valence-corrected chi connectivity index (χ2v) is 7.67. The van der Waals surface area contributed by atoms with Crippen molar-refractivity contribution in [2.75, 3.05) is 5.33 Å². The van der Waals surface area contributed by atoms with Crippen LogP contribution in [0.1, 0.15) is 52.0 Å². The Bertz CT molecular complexity index is 485. The van der Waals surface area contributed by atoms with Gasteiger partial charge in [0, 0.05) is 11.2 Å². The van der Waals surface area contributed by atoms with Gasteiger partial charge in [-0.1, -0.05) is 73.0 Å². The van der Waals surface area contributed by atoms with E-state index in [2.05, 4.69) is 54.2 Å². The SMILES string of the molecule is CC(CBr)(NC(=O)C1CCCCC1(C)C)c1ccccc1. The van der Waals surface area contributed by atoms with Crippen LogP contribution in [0.25, 0.3) is 0 Å². The van der Waals surface area contributed by atoms with Gasteiger partial charge in [-0.2, -0.15) is 0 Å². The van der Waals surface area contributed by atoms with Gasteiger partial charge in [-0.15, -0.1) is 0 Å². The van der Waals surface area contributed by atoms with Crippen LogP contribution in [0.4, 0.5) is 0 Å². The van der Waals surface area contributed by atoms with E-state index < -0.39 is 0 Å². The molecule has 2 rings (SSSR count). The maximum Gasteiger partial charge on any atom is 0.224 e. The van der Waals surface area contributed by atoms with E-state index in [4.69, 9.17) is 0 Å². The fourth-order valence-corrected chi connectivity index (χ4v) is 3.79. The van der Waals surface area contributed by atoms with Crippen LogP contribution < -0.4 is 5.32 Å². The lowest BCUT2D eigenvalue weighted by atomic mass is 9.68. The molecule has 21 heavy (non-hydrogen) atoms. The van der Waals surface area contributed by atoms with Gasteiger partial charge < -0.3 is 5.32 Å². The predicted octanol–water partition coefficient (Wildman–Crippen LogP) is 4.63. The number of hydrogen-bond donors (Lipinski definition) is 1. The Hall–Kier alpha value is -0.830. The van der Waals surface area contributed by atoms with Gasteiger partial charge in [-0.3, -0.25) is 4.79 Å². The minimum Gasteiger partial charge on any atom is -0.346 e. The van der Waals surface area contributed by atoms with Crippen molar-refractivity contribution >= 4 is 21.8 Å². The molecule has 0 radical (unpaired) electrons. The summed E-state index contributed by atoms with van der Waals surface area (Å²) in [7, 11) is 0. The molecule has 1 amide bonds. The van der Waals surface area contributed by atoms with E-state index >= 15 is 0 Å². The lowest BCUT2D eigenvalue weighted by Gasteiger charge is -2.40. The van der Waals surface area contributed by atoms with Crippen LogP contribution in [0.2, 0.25) is 0 Å². The molecule has 1 fully saturated rings. The third kappa shape index (κ3) is 3.68. The number of halogens is 1. The fourth-order valence-electron chi connectivity index (χ4n) is 3.33. The molecule has 1 aromatic rings. The first-order valence-corrected chi connectivity index (χ1v) is 8.95. The number of amides is 1. The Morgan fingerprint density at radius 1 is 1.33 bits per heavy atom. The first-order chi connectivity index (χ1) is 9.89. The third-order valence-electron chi connectivity index (χ3n) is 4.90. The maximum absolute atomic E-state index is 12.8. The first-order valence-electron chi connectivity index (χ1n) is 7.82. The molecular weight excluding hydrogens is 326 g/mol. The number of carbonyl (C=O) groups is 1. The minimum absolute atomic E-state index is 0.103. The minimum atomic E-state index is -0.355. The Morgan fingerprint density at radius 3 is 2.57 bits per heavy atom. The summed E-state index contributed by atoms with van der Waals surface area (Å²) >= 11 is 3.58. The van der Waals surface area contributed by atoms with E-state index in [0.717, 1.165) is 24.8 Å². The molecule has 2 unspecified atom stereocenters. The van der Waals surface area contributed by atoms with Crippen molar-refractivity contribution in [3.8, 4) is 0 Å². The summed E-state index contributed by atoms with van der Waals surface area (Å²) in [5.74, 6) is 0.318. The number of hydrogen-bond acceptors (Lipinski definition) is 1. The van der Waals surface area contributed by atoms with Gasteiger partial charge in [-0.25, -0.2) is 0 Å². The number of rotatable bonds is 4. The number of carbonyl (C=O) groups excluding carboxylic acids is 1. The van der Waals surface area contributed by atoms with Gasteiger partial charge in [0.1, 0.15) is 0 Å². The molecule has 0 aromatic heterocycles. The summed E-state index contributed by atoms with van der Waals surface area (Å²) in [4.78, 5) is 12.8. The molecule has 1 aliphatic carbocycles. The summed E-state index contributed by atoms with van der Waals surface area (Å²) in [6.07, 6.45) is 4.55. The molecule has 2 atom stereocenters. The van der Waals surface area contributed by atoms with Crippen LogP contribution in [0.3, 0.4) is 0 Å². The number of alkyl halides is 1. The van der Waals surface area contributed by atoms with Crippen molar-refractivity contribution in [3.63, 3.8) is 0 Å². The topological polar surface area (TPSA) is 29.1 Å². The van der Waals surface area contributed by atoms with Crippen molar-refractivity contribution < 1.29 is 4.79 Å². The maximum atomic E-state index is 12.8. The van der Waals surface area contributed by atoms with Crippen LogP contribution in [-0.2, 0) is 10.3 Å². The molecule has 0 aliphatic heterocycles. The molecule has 3 heteroatoms. The van der Waals surface area contributed by atoms with E-state index in [9.17, 15) is 4.79 Å². The quantitative estimate of drug-likeness (QED) is 0.787. The average Bonchev–Trinajstić information content (AvgIpc) is 2.47. The summed E-state index contributed by atoms with van der Waals surface area (Å²) in [5.41, 5.74) is 0.891. The van der Waals surface area contributed by atoms with Crippen molar-refractivity contribution in [2.45, 2.75) is 52.0 Å². The highest BCUT2D eigenvalue weighted by atomic mass is 79.9. The molecular formula is C18H26BrNO. The van der Waals surface area contributed by atoms with Gasteiger partial charge in [-0.05, 0) is 30.7 Å². The van der Waals surface area contributed by atoms with Gasteiger partial charge in [0.15, 0.2) is 0 Å².